The molecule has 1 heterocycles. The van der Waals surface area contributed by atoms with E-state index < -0.39 is 10.0 Å². The summed E-state index contributed by atoms with van der Waals surface area (Å²) in [5, 5.41) is 3.32. The lowest BCUT2D eigenvalue weighted by molar-refractivity contribution is 0.348. The van der Waals surface area contributed by atoms with E-state index in [4.69, 9.17) is 4.74 Å². The van der Waals surface area contributed by atoms with E-state index >= 15 is 0 Å². The van der Waals surface area contributed by atoms with Gasteiger partial charge in [-0.15, -0.1) is 0 Å². The molecule has 5 nitrogen and oxygen atoms in total. The molecular weight excluding hydrogens is 312 g/mol. The second kappa shape index (κ2) is 7.20. The second-order valence-corrected chi connectivity index (χ2v) is 8.31. The molecule has 0 aliphatic carbocycles. The number of methoxy groups -OCH3 is 1. The molecule has 0 amide bonds. The molecule has 0 aromatic heterocycles. The fourth-order valence-corrected chi connectivity index (χ4v) is 4.67. The number of hydrogen-bond acceptors (Lipinski definition) is 4. The van der Waals surface area contributed by atoms with Crippen molar-refractivity contribution in [3.05, 3.63) is 23.3 Å². The molecule has 130 valence electrons. The van der Waals surface area contributed by atoms with Crippen LogP contribution in [0.3, 0.4) is 0 Å². The summed E-state index contributed by atoms with van der Waals surface area (Å²) < 4.78 is 34.0. The maximum absolute atomic E-state index is 12.9. The molecule has 1 aromatic carbocycles. The number of rotatable bonds is 5. The largest absolute Gasteiger partial charge is 0.496 e. The standard InChI is InChI=1S/C17H28N2O3S/c1-11(2)14-10-17(12(3)9-16(14)22-5)23(20,21)19-15-7-6-8-18-13(15)4/h9-11,13,15,18-19H,6-8H2,1-5H3. The smallest absolute Gasteiger partial charge is 0.241 e. The summed E-state index contributed by atoms with van der Waals surface area (Å²) in [5.74, 6) is 0.930. The van der Waals surface area contributed by atoms with E-state index in [1.807, 2.05) is 33.8 Å². The Hall–Kier alpha value is -1.11. The molecule has 6 heteroatoms. The minimum atomic E-state index is -3.55. The van der Waals surface area contributed by atoms with Crippen LogP contribution < -0.4 is 14.8 Å². The number of ether oxygens (including phenoxy) is 1. The topological polar surface area (TPSA) is 67.4 Å². The van der Waals surface area contributed by atoms with Crippen molar-refractivity contribution in [1.82, 2.24) is 10.0 Å². The first kappa shape index (κ1) is 18.2. The molecule has 0 radical (unpaired) electrons. The van der Waals surface area contributed by atoms with E-state index in [1.54, 1.807) is 13.2 Å². The molecule has 1 saturated heterocycles. The highest BCUT2D eigenvalue weighted by Crippen LogP contribution is 2.31. The Bertz CT molecular complexity index is 656. The van der Waals surface area contributed by atoms with Gasteiger partial charge in [-0.05, 0) is 62.4 Å². The van der Waals surface area contributed by atoms with Gasteiger partial charge in [0, 0.05) is 12.1 Å². The molecule has 2 atom stereocenters. The Morgan fingerprint density at radius 1 is 1.35 bits per heavy atom. The molecule has 1 fully saturated rings. The summed E-state index contributed by atoms with van der Waals surface area (Å²) in [6.45, 7) is 8.84. The fourth-order valence-electron chi connectivity index (χ4n) is 3.06. The average Bonchev–Trinajstić information content (AvgIpc) is 2.48. The van der Waals surface area contributed by atoms with Crippen molar-refractivity contribution in [3.8, 4) is 5.75 Å². The van der Waals surface area contributed by atoms with E-state index in [-0.39, 0.29) is 18.0 Å². The fraction of sp³-hybridized carbons (Fsp3) is 0.647. The third kappa shape index (κ3) is 4.05. The SMILES string of the molecule is COc1cc(C)c(S(=O)(=O)NC2CCCNC2C)cc1C(C)C. The summed E-state index contributed by atoms with van der Waals surface area (Å²) >= 11 is 0. The van der Waals surface area contributed by atoms with Gasteiger partial charge in [0.15, 0.2) is 0 Å². The molecule has 2 rings (SSSR count). The van der Waals surface area contributed by atoms with Gasteiger partial charge in [0.25, 0.3) is 0 Å². The first-order valence-corrected chi connectivity index (χ1v) is 9.69. The third-order valence-corrected chi connectivity index (χ3v) is 6.14. The molecule has 0 spiro atoms. The number of hydrogen-bond donors (Lipinski definition) is 2. The number of sulfonamides is 1. The minimum Gasteiger partial charge on any atom is -0.496 e. The van der Waals surface area contributed by atoms with Crippen molar-refractivity contribution in [2.45, 2.75) is 63.4 Å². The first-order valence-electron chi connectivity index (χ1n) is 8.20. The van der Waals surface area contributed by atoms with Gasteiger partial charge in [-0.25, -0.2) is 13.1 Å². The quantitative estimate of drug-likeness (QED) is 0.864. The summed E-state index contributed by atoms with van der Waals surface area (Å²) in [4.78, 5) is 0.347. The van der Waals surface area contributed by atoms with Gasteiger partial charge in [-0.2, -0.15) is 0 Å². The van der Waals surface area contributed by atoms with Crippen LogP contribution in [0.25, 0.3) is 0 Å². The maximum atomic E-state index is 12.9. The molecule has 2 N–H and O–H groups in total. The lowest BCUT2D eigenvalue weighted by Crippen LogP contribution is -2.51. The van der Waals surface area contributed by atoms with Crippen LogP contribution in [-0.2, 0) is 10.0 Å². The Balaban J connectivity index is 2.37. The second-order valence-electron chi connectivity index (χ2n) is 6.63. The van der Waals surface area contributed by atoms with Crippen LogP contribution in [0.2, 0.25) is 0 Å². The molecule has 1 aliphatic heterocycles. The normalized spacial score (nSPS) is 22.3. The van der Waals surface area contributed by atoms with Crippen LogP contribution in [0.15, 0.2) is 17.0 Å². The summed E-state index contributed by atoms with van der Waals surface area (Å²) in [5.41, 5.74) is 1.61. The molecule has 1 aromatic rings. The molecule has 0 saturated carbocycles. The van der Waals surface area contributed by atoms with Crippen molar-refractivity contribution in [1.29, 1.82) is 0 Å². The predicted octanol–water partition coefficient (Wildman–Crippen LogP) is 2.55. The van der Waals surface area contributed by atoms with Gasteiger partial charge in [-0.1, -0.05) is 13.8 Å². The van der Waals surface area contributed by atoms with Gasteiger partial charge in [0.2, 0.25) is 10.0 Å². The van der Waals surface area contributed by atoms with Gasteiger partial charge in [-0.3, -0.25) is 0 Å². The first-order chi connectivity index (χ1) is 10.8. The monoisotopic (exact) mass is 340 g/mol. The predicted molar refractivity (Wildman–Crippen MR) is 92.6 cm³/mol. The average molecular weight is 340 g/mol. The van der Waals surface area contributed by atoms with Crippen LogP contribution in [0, 0.1) is 6.92 Å². The van der Waals surface area contributed by atoms with Crippen molar-refractivity contribution in [2.24, 2.45) is 0 Å². The molecule has 1 aliphatic rings. The van der Waals surface area contributed by atoms with Crippen molar-refractivity contribution in [2.75, 3.05) is 13.7 Å². The highest BCUT2D eigenvalue weighted by molar-refractivity contribution is 7.89. The van der Waals surface area contributed by atoms with Crippen LogP contribution in [0.1, 0.15) is 50.7 Å². The lowest BCUT2D eigenvalue weighted by atomic mass is 10.0. The van der Waals surface area contributed by atoms with Crippen LogP contribution in [0.5, 0.6) is 5.75 Å². The Labute approximate surface area is 139 Å². The van der Waals surface area contributed by atoms with Crippen molar-refractivity contribution >= 4 is 10.0 Å². The number of piperidine rings is 1. The van der Waals surface area contributed by atoms with Gasteiger partial charge in [0.1, 0.15) is 5.75 Å². The van der Waals surface area contributed by atoms with Crippen LogP contribution in [0.4, 0.5) is 0 Å². The number of nitrogens with one attached hydrogen (secondary N) is 2. The van der Waals surface area contributed by atoms with Gasteiger partial charge in [0.05, 0.1) is 12.0 Å². The third-order valence-electron chi connectivity index (χ3n) is 4.51. The molecular formula is C17H28N2O3S. The van der Waals surface area contributed by atoms with Crippen LogP contribution >= 0.6 is 0 Å². The van der Waals surface area contributed by atoms with Crippen LogP contribution in [-0.4, -0.2) is 34.2 Å². The van der Waals surface area contributed by atoms with E-state index in [2.05, 4.69) is 10.0 Å². The maximum Gasteiger partial charge on any atom is 0.241 e. The summed E-state index contributed by atoms with van der Waals surface area (Å²) in [6.07, 6.45) is 1.84. The highest BCUT2D eigenvalue weighted by atomic mass is 32.2. The Morgan fingerprint density at radius 3 is 2.61 bits per heavy atom. The molecule has 0 bridgehead atoms. The Morgan fingerprint density at radius 2 is 2.04 bits per heavy atom. The van der Waals surface area contributed by atoms with Crippen molar-refractivity contribution in [3.63, 3.8) is 0 Å². The summed E-state index contributed by atoms with van der Waals surface area (Å²) in [7, 11) is -1.94. The molecule has 2 unspecified atom stereocenters. The summed E-state index contributed by atoms with van der Waals surface area (Å²) in [6, 6.07) is 3.63. The van der Waals surface area contributed by atoms with E-state index in [0.29, 0.717) is 10.5 Å². The lowest BCUT2D eigenvalue weighted by Gasteiger charge is -2.30. The van der Waals surface area contributed by atoms with Crippen molar-refractivity contribution < 1.29 is 13.2 Å². The van der Waals surface area contributed by atoms with E-state index in [1.165, 1.54) is 0 Å². The van der Waals surface area contributed by atoms with Gasteiger partial charge >= 0.3 is 0 Å². The van der Waals surface area contributed by atoms with E-state index in [0.717, 1.165) is 30.7 Å². The highest BCUT2D eigenvalue weighted by Gasteiger charge is 2.28. The Kier molecular flexibility index (Phi) is 5.70. The van der Waals surface area contributed by atoms with Gasteiger partial charge < -0.3 is 10.1 Å². The van der Waals surface area contributed by atoms with E-state index in [9.17, 15) is 8.42 Å². The molecule has 23 heavy (non-hydrogen) atoms. The zero-order chi connectivity index (χ0) is 17.2. The number of benzene rings is 1. The number of aryl methyl sites for hydroxylation is 1. The minimum absolute atomic E-state index is 0.0715. The zero-order valence-electron chi connectivity index (χ0n) is 14.6. The zero-order valence-corrected chi connectivity index (χ0v) is 15.5.